The molecular formula is C20H13Cl4F5N2O2. The minimum absolute atomic E-state index is 0.0674. The van der Waals surface area contributed by atoms with Gasteiger partial charge in [-0.1, -0.05) is 52.5 Å². The van der Waals surface area contributed by atoms with Gasteiger partial charge in [0.15, 0.2) is 0 Å². The fourth-order valence-corrected chi connectivity index (χ4v) is 4.82. The molecule has 2 unspecified atom stereocenters. The van der Waals surface area contributed by atoms with Crippen LogP contribution in [0.2, 0.25) is 10.0 Å². The molecule has 0 saturated heterocycles. The van der Waals surface area contributed by atoms with Crippen molar-refractivity contribution >= 4 is 64.3 Å². The van der Waals surface area contributed by atoms with Gasteiger partial charge in [-0.05, 0) is 29.8 Å². The SMILES string of the molecule is O=CC1(CNc2cc(F)c(Cl)c(C(=O)NCC(F)(F)F)c2)C(c2ccc(F)c(Cl)c2)C1(Cl)Cl. The molecule has 1 amide bonds. The maximum atomic E-state index is 14.2. The average molecular weight is 550 g/mol. The van der Waals surface area contributed by atoms with E-state index >= 15 is 0 Å². The van der Waals surface area contributed by atoms with Crippen LogP contribution in [-0.2, 0) is 4.79 Å². The van der Waals surface area contributed by atoms with E-state index in [2.05, 4.69) is 5.32 Å². The fraction of sp³-hybridized carbons (Fsp3) is 0.300. The Morgan fingerprint density at radius 1 is 1.09 bits per heavy atom. The van der Waals surface area contributed by atoms with Gasteiger partial charge in [0.2, 0.25) is 0 Å². The van der Waals surface area contributed by atoms with Crippen LogP contribution in [0.3, 0.4) is 0 Å². The molecular weight excluding hydrogens is 537 g/mol. The monoisotopic (exact) mass is 548 g/mol. The summed E-state index contributed by atoms with van der Waals surface area (Å²) in [6, 6.07) is 5.63. The fourth-order valence-electron chi connectivity index (χ4n) is 3.46. The van der Waals surface area contributed by atoms with Gasteiger partial charge >= 0.3 is 6.18 Å². The third-order valence-corrected chi connectivity index (χ3v) is 7.02. The van der Waals surface area contributed by atoms with Crippen LogP contribution in [0.15, 0.2) is 30.3 Å². The van der Waals surface area contributed by atoms with Crippen LogP contribution < -0.4 is 10.6 Å². The molecule has 0 aromatic heterocycles. The van der Waals surface area contributed by atoms with E-state index < -0.39 is 56.5 Å². The van der Waals surface area contributed by atoms with Crippen LogP contribution in [0.5, 0.6) is 0 Å². The van der Waals surface area contributed by atoms with E-state index in [4.69, 9.17) is 46.4 Å². The number of anilines is 1. The van der Waals surface area contributed by atoms with Crippen molar-refractivity contribution in [2.24, 2.45) is 5.41 Å². The Labute approximate surface area is 204 Å². The number of hydrogen-bond donors (Lipinski definition) is 2. The molecule has 4 nitrogen and oxygen atoms in total. The topological polar surface area (TPSA) is 58.2 Å². The first kappa shape index (κ1) is 25.8. The van der Waals surface area contributed by atoms with E-state index in [9.17, 15) is 31.5 Å². The van der Waals surface area contributed by atoms with Gasteiger partial charge in [0.25, 0.3) is 5.91 Å². The first-order valence-electron chi connectivity index (χ1n) is 9.10. The van der Waals surface area contributed by atoms with Crippen molar-refractivity contribution < 1.29 is 31.5 Å². The summed E-state index contributed by atoms with van der Waals surface area (Å²) in [5.41, 5.74) is -1.67. The van der Waals surface area contributed by atoms with E-state index in [-0.39, 0.29) is 17.3 Å². The molecule has 3 rings (SSSR count). The van der Waals surface area contributed by atoms with Gasteiger partial charge in [0.1, 0.15) is 28.8 Å². The molecule has 1 fully saturated rings. The first-order chi connectivity index (χ1) is 15.2. The van der Waals surface area contributed by atoms with Crippen molar-refractivity contribution in [2.75, 3.05) is 18.4 Å². The Bertz CT molecular complexity index is 1110. The van der Waals surface area contributed by atoms with E-state index in [0.717, 1.165) is 18.2 Å². The zero-order chi connectivity index (χ0) is 24.8. The number of carbonyl (C=O) groups is 2. The summed E-state index contributed by atoms with van der Waals surface area (Å²) in [6.07, 6.45) is -4.19. The Kier molecular flexibility index (Phi) is 7.11. The second-order valence-corrected chi connectivity index (χ2v) is 9.53. The highest BCUT2D eigenvalue weighted by molar-refractivity contribution is 6.54. The van der Waals surface area contributed by atoms with Crippen LogP contribution in [0, 0.1) is 17.0 Å². The average Bonchev–Trinajstić information content (AvgIpc) is 3.23. The molecule has 1 saturated carbocycles. The van der Waals surface area contributed by atoms with E-state index in [1.54, 1.807) is 5.32 Å². The smallest absolute Gasteiger partial charge is 0.384 e. The lowest BCUT2D eigenvalue weighted by atomic mass is 10.00. The predicted molar refractivity (Wildman–Crippen MR) is 115 cm³/mol. The number of aldehydes is 1. The number of benzene rings is 2. The molecule has 1 aliphatic rings. The maximum Gasteiger partial charge on any atom is 0.405 e. The van der Waals surface area contributed by atoms with E-state index in [1.165, 1.54) is 12.1 Å². The van der Waals surface area contributed by atoms with Gasteiger partial charge in [-0.2, -0.15) is 13.2 Å². The van der Waals surface area contributed by atoms with Crippen molar-refractivity contribution in [1.29, 1.82) is 0 Å². The Morgan fingerprint density at radius 3 is 2.33 bits per heavy atom. The summed E-state index contributed by atoms with van der Waals surface area (Å²) >= 11 is 24.2. The Morgan fingerprint density at radius 2 is 1.76 bits per heavy atom. The number of carbonyl (C=O) groups excluding carboxylic acids is 2. The lowest BCUT2D eigenvalue weighted by Gasteiger charge is -2.16. The largest absolute Gasteiger partial charge is 0.405 e. The third-order valence-electron chi connectivity index (χ3n) is 5.21. The minimum atomic E-state index is -4.68. The quantitative estimate of drug-likeness (QED) is 0.248. The number of amides is 1. The third kappa shape index (κ3) is 5.01. The molecule has 2 aromatic carbocycles. The van der Waals surface area contributed by atoms with Crippen LogP contribution in [-0.4, -0.2) is 35.8 Å². The van der Waals surface area contributed by atoms with Crippen LogP contribution in [0.4, 0.5) is 27.6 Å². The van der Waals surface area contributed by atoms with E-state index in [1.807, 2.05) is 0 Å². The molecule has 2 aromatic rings. The molecule has 178 valence electrons. The molecule has 0 radical (unpaired) electrons. The van der Waals surface area contributed by atoms with Gasteiger partial charge in [0, 0.05) is 18.2 Å². The van der Waals surface area contributed by atoms with Crippen molar-refractivity contribution in [3.05, 3.63) is 63.1 Å². The minimum Gasteiger partial charge on any atom is -0.384 e. The summed E-state index contributed by atoms with van der Waals surface area (Å²) < 4.78 is 63.2. The molecule has 2 atom stereocenters. The molecule has 33 heavy (non-hydrogen) atoms. The number of halogens is 9. The van der Waals surface area contributed by atoms with Crippen LogP contribution in [0.25, 0.3) is 0 Å². The molecule has 0 spiro atoms. The molecule has 13 heteroatoms. The van der Waals surface area contributed by atoms with Crippen LogP contribution in [0.1, 0.15) is 21.8 Å². The number of nitrogens with one attached hydrogen (secondary N) is 2. The zero-order valence-corrected chi connectivity index (χ0v) is 19.2. The molecule has 1 aliphatic carbocycles. The molecule has 0 heterocycles. The number of rotatable bonds is 7. The van der Waals surface area contributed by atoms with Crippen LogP contribution >= 0.6 is 46.4 Å². The summed E-state index contributed by atoms with van der Waals surface area (Å²) in [7, 11) is 0. The Balaban J connectivity index is 1.83. The summed E-state index contributed by atoms with van der Waals surface area (Å²) in [5.74, 6) is -3.82. The molecule has 0 aliphatic heterocycles. The van der Waals surface area contributed by atoms with Crippen molar-refractivity contribution in [2.45, 2.75) is 16.4 Å². The second kappa shape index (κ2) is 9.09. The first-order valence-corrected chi connectivity index (χ1v) is 10.6. The van der Waals surface area contributed by atoms with Gasteiger partial charge in [0.05, 0.1) is 21.0 Å². The van der Waals surface area contributed by atoms with Crippen molar-refractivity contribution in [3.8, 4) is 0 Å². The molecule has 2 N–H and O–H groups in total. The Hall–Kier alpha value is -1.81. The number of alkyl halides is 5. The predicted octanol–water partition coefficient (Wildman–Crippen LogP) is 6.13. The number of hydrogen-bond acceptors (Lipinski definition) is 3. The highest BCUT2D eigenvalue weighted by atomic mass is 35.5. The van der Waals surface area contributed by atoms with Gasteiger partial charge in [-0.25, -0.2) is 8.78 Å². The van der Waals surface area contributed by atoms with Crippen molar-refractivity contribution in [3.63, 3.8) is 0 Å². The second-order valence-electron chi connectivity index (χ2n) is 7.36. The maximum absolute atomic E-state index is 14.2. The summed E-state index contributed by atoms with van der Waals surface area (Å²) in [6.45, 7) is -1.90. The van der Waals surface area contributed by atoms with E-state index in [0.29, 0.717) is 11.8 Å². The standard InChI is InChI=1S/C20H13Cl4F5N2O2/c21-12-3-9(1-2-13(12)25)16-18(8-32,20(16,23)24)6-30-10-4-11(15(22)14(26)5-10)17(33)31-7-19(27,28)29/h1-5,8,16,30H,6-7H2,(H,31,33). The normalized spacial score (nSPS) is 21.4. The lowest BCUT2D eigenvalue weighted by Crippen LogP contribution is -2.34. The van der Waals surface area contributed by atoms with Gasteiger partial charge in [-0.3, -0.25) is 4.79 Å². The highest BCUT2D eigenvalue weighted by Gasteiger charge is 2.76. The summed E-state index contributed by atoms with van der Waals surface area (Å²) in [4.78, 5) is 24.0. The van der Waals surface area contributed by atoms with Gasteiger partial charge < -0.3 is 15.4 Å². The molecule has 0 bridgehead atoms. The summed E-state index contributed by atoms with van der Waals surface area (Å²) in [5, 5.41) is 3.42. The van der Waals surface area contributed by atoms with Gasteiger partial charge in [-0.15, -0.1) is 0 Å². The zero-order valence-electron chi connectivity index (χ0n) is 16.2. The van der Waals surface area contributed by atoms with Crippen molar-refractivity contribution in [1.82, 2.24) is 5.32 Å². The highest BCUT2D eigenvalue weighted by Crippen LogP contribution is 2.73. The lowest BCUT2D eigenvalue weighted by molar-refractivity contribution is -0.123.